The minimum absolute atomic E-state index is 0. The molecule has 0 atom stereocenters. The van der Waals surface area contributed by atoms with E-state index in [2.05, 4.69) is 23.0 Å². The van der Waals surface area contributed by atoms with Crippen molar-refractivity contribution >= 4 is 5.78 Å². The molecule has 0 aliphatic heterocycles. The van der Waals surface area contributed by atoms with Gasteiger partial charge in [-0.15, -0.1) is 53.6 Å². The third kappa shape index (κ3) is 10.6. The number of pyridine rings is 2. The number of ketones is 1. The van der Waals surface area contributed by atoms with Crippen molar-refractivity contribution in [2.45, 2.75) is 13.8 Å². The molecule has 0 bridgehead atoms. The molecule has 33 heavy (non-hydrogen) atoms. The third-order valence-electron chi connectivity index (χ3n) is 4.02. The Morgan fingerprint density at radius 2 is 1.42 bits per heavy atom. The van der Waals surface area contributed by atoms with Crippen LogP contribution in [0.15, 0.2) is 109 Å². The van der Waals surface area contributed by atoms with Crippen molar-refractivity contribution in [3.8, 4) is 22.5 Å². The molecule has 1 N–H and O–H groups in total. The normalized spacial score (nSPS) is 9.82. The number of nitrogens with zero attached hydrogens (tertiary/aromatic N) is 2. The predicted molar refractivity (Wildman–Crippen MR) is 130 cm³/mol. The van der Waals surface area contributed by atoms with Crippen molar-refractivity contribution in [1.29, 1.82) is 0 Å². The summed E-state index contributed by atoms with van der Waals surface area (Å²) >= 11 is 0. The van der Waals surface area contributed by atoms with Crippen LogP contribution in [-0.2, 0) is 24.9 Å². The van der Waals surface area contributed by atoms with Gasteiger partial charge in [0.2, 0.25) is 0 Å². The number of aliphatic hydroxyl groups excluding tert-OH is 1. The van der Waals surface area contributed by atoms with Gasteiger partial charge in [0.15, 0.2) is 5.78 Å². The predicted octanol–water partition coefficient (Wildman–Crippen LogP) is 6.51. The summed E-state index contributed by atoms with van der Waals surface area (Å²) in [5.74, 6) is -0.0625. The molecular formula is C28H26IrN2O2-2. The van der Waals surface area contributed by atoms with Crippen molar-refractivity contribution in [3.05, 3.63) is 128 Å². The summed E-state index contributed by atoms with van der Waals surface area (Å²) in [5, 5.41) is 8.36. The third-order valence-corrected chi connectivity index (χ3v) is 4.02. The molecule has 0 saturated carbocycles. The van der Waals surface area contributed by atoms with E-state index in [1.54, 1.807) is 12.4 Å². The molecular weight excluding hydrogens is 589 g/mol. The molecule has 1 radical (unpaired) electrons. The van der Waals surface area contributed by atoms with Gasteiger partial charge in [-0.25, -0.2) is 0 Å². The van der Waals surface area contributed by atoms with E-state index in [-0.39, 0.29) is 31.6 Å². The Balaban J connectivity index is 0.000000256. The van der Waals surface area contributed by atoms with Crippen LogP contribution in [0.1, 0.15) is 19.4 Å². The van der Waals surface area contributed by atoms with Gasteiger partial charge < -0.3 is 10.1 Å². The van der Waals surface area contributed by atoms with Crippen LogP contribution < -0.4 is 0 Å². The van der Waals surface area contributed by atoms with Crippen LogP contribution in [0.2, 0.25) is 0 Å². The zero-order valence-electron chi connectivity index (χ0n) is 18.6. The van der Waals surface area contributed by atoms with Crippen molar-refractivity contribution in [3.63, 3.8) is 0 Å². The van der Waals surface area contributed by atoms with E-state index >= 15 is 0 Å². The summed E-state index contributed by atoms with van der Waals surface area (Å²) in [6, 6.07) is 30.7. The molecule has 0 amide bonds. The molecule has 4 nitrogen and oxygen atoms in total. The van der Waals surface area contributed by atoms with E-state index in [1.807, 2.05) is 84.9 Å². The average molecular weight is 615 g/mol. The van der Waals surface area contributed by atoms with Crippen LogP contribution in [0.4, 0.5) is 0 Å². The first-order valence-corrected chi connectivity index (χ1v) is 10.1. The van der Waals surface area contributed by atoms with Crippen LogP contribution in [0.3, 0.4) is 0 Å². The van der Waals surface area contributed by atoms with Gasteiger partial charge in [-0.3, -0.25) is 9.78 Å². The summed E-state index contributed by atoms with van der Waals surface area (Å²) in [6.07, 6.45) is 4.75. The molecule has 4 rings (SSSR count). The Labute approximate surface area is 209 Å². The fraction of sp³-hybridized carbons (Fsp3) is 0.0714. The van der Waals surface area contributed by atoms with E-state index in [0.29, 0.717) is 0 Å². The minimum Gasteiger partial charge on any atom is -0.512 e. The number of allylic oxidation sites excluding steroid dienone is 2. The Kier molecular flexibility index (Phi) is 12.8. The quantitative estimate of drug-likeness (QED) is 0.162. The largest absolute Gasteiger partial charge is 0.512 e. The first-order valence-electron chi connectivity index (χ1n) is 10.1. The SMILES string of the molecule is CC(=O)C=C(C)O.[CH2-]c1ccccc1-c1ccccn1.[Ir].[c-]1ccccc1-c1ccccn1. The average Bonchev–Trinajstić information content (AvgIpc) is 2.81. The zero-order valence-corrected chi connectivity index (χ0v) is 21.0. The molecule has 0 saturated heterocycles. The Morgan fingerprint density at radius 3 is 1.88 bits per heavy atom. The van der Waals surface area contributed by atoms with E-state index in [1.165, 1.54) is 19.9 Å². The maximum atomic E-state index is 10.0. The van der Waals surface area contributed by atoms with Crippen LogP contribution in [0.25, 0.3) is 22.5 Å². The molecule has 5 heteroatoms. The van der Waals surface area contributed by atoms with E-state index in [4.69, 9.17) is 5.11 Å². The van der Waals surface area contributed by atoms with Crippen LogP contribution in [-0.4, -0.2) is 20.9 Å². The van der Waals surface area contributed by atoms with Gasteiger partial charge in [-0.05, 0) is 37.7 Å². The van der Waals surface area contributed by atoms with Crippen molar-refractivity contribution in [1.82, 2.24) is 9.97 Å². The van der Waals surface area contributed by atoms with Crippen LogP contribution in [0.5, 0.6) is 0 Å². The summed E-state index contributed by atoms with van der Waals surface area (Å²) in [5.41, 5.74) is 5.11. The van der Waals surface area contributed by atoms with E-state index in [9.17, 15) is 4.79 Å². The second kappa shape index (κ2) is 15.3. The first-order chi connectivity index (χ1) is 15.5. The Bertz CT molecular complexity index is 1070. The van der Waals surface area contributed by atoms with Gasteiger partial charge in [0.05, 0.1) is 5.76 Å². The maximum absolute atomic E-state index is 10.0. The minimum atomic E-state index is -0.125. The fourth-order valence-corrected chi connectivity index (χ4v) is 2.66. The second-order valence-electron chi connectivity index (χ2n) is 6.76. The Morgan fingerprint density at radius 1 is 0.848 bits per heavy atom. The smallest absolute Gasteiger partial charge is 0.155 e. The number of aliphatic hydroxyl groups is 1. The monoisotopic (exact) mass is 615 g/mol. The second-order valence-corrected chi connectivity index (χ2v) is 6.76. The molecule has 2 aromatic heterocycles. The fourth-order valence-electron chi connectivity index (χ4n) is 2.66. The molecule has 2 heterocycles. The maximum Gasteiger partial charge on any atom is 0.155 e. The summed E-state index contributed by atoms with van der Waals surface area (Å²) in [4.78, 5) is 18.5. The van der Waals surface area contributed by atoms with Crippen LogP contribution >= 0.6 is 0 Å². The first kappa shape index (κ1) is 27.5. The van der Waals surface area contributed by atoms with Crippen molar-refractivity contribution < 1.29 is 30.0 Å². The number of hydrogen-bond acceptors (Lipinski definition) is 4. The van der Waals surface area contributed by atoms with Crippen LogP contribution in [0, 0.1) is 13.0 Å². The number of aromatic nitrogens is 2. The molecule has 0 fully saturated rings. The van der Waals surface area contributed by atoms with Gasteiger partial charge in [0.1, 0.15) is 0 Å². The molecule has 171 valence electrons. The standard InChI is InChI=1S/C12H10N.C11H8N.C5H8O2.Ir/c1-10-6-2-3-7-11(10)12-8-4-5-9-13-12;1-2-6-10(7-3-1)11-8-4-5-9-12-11;1-4(6)3-5(2)7;/h2-9H,1H2;1-6,8-9H;3,6H,1-2H3;/q2*-1;;. The summed E-state index contributed by atoms with van der Waals surface area (Å²) < 4.78 is 0. The van der Waals surface area contributed by atoms with Gasteiger partial charge in [-0.1, -0.05) is 24.3 Å². The summed E-state index contributed by atoms with van der Waals surface area (Å²) in [6.45, 7) is 6.81. The van der Waals surface area contributed by atoms with Gasteiger partial charge in [0, 0.05) is 44.3 Å². The number of carbonyl (C=O) groups excluding carboxylic acids is 1. The number of rotatable bonds is 3. The molecule has 0 aliphatic carbocycles. The Hall–Kier alpha value is -3.53. The number of benzene rings is 2. The van der Waals surface area contributed by atoms with E-state index in [0.717, 1.165) is 28.1 Å². The van der Waals surface area contributed by atoms with Gasteiger partial charge in [-0.2, -0.15) is 18.6 Å². The molecule has 0 aliphatic rings. The zero-order chi connectivity index (χ0) is 23.2. The van der Waals surface area contributed by atoms with Crippen molar-refractivity contribution in [2.75, 3.05) is 0 Å². The number of hydrogen-bond donors (Lipinski definition) is 1. The van der Waals surface area contributed by atoms with Gasteiger partial charge in [0.25, 0.3) is 0 Å². The van der Waals surface area contributed by atoms with E-state index < -0.39 is 0 Å². The molecule has 0 unspecified atom stereocenters. The number of carbonyl (C=O) groups is 1. The van der Waals surface area contributed by atoms with Gasteiger partial charge >= 0.3 is 0 Å². The molecule has 0 spiro atoms. The molecule has 4 aromatic rings. The molecule has 2 aromatic carbocycles. The topological polar surface area (TPSA) is 63.1 Å². The van der Waals surface area contributed by atoms with Crippen molar-refractivity contribution in [2.24, 2.45) is 0 Å². The summed E-state index contributed by atoms with van der Waals surface area (Å²) in [7, 11) is 0.